The smallest absolute Gasteiger partial charge is 0.335 e. The quantitative estimate of drug-likeness (QED) is 0.897. The van der Waals surface area contributed by atoms with E-state index < -0.39 is 5.97 Å². The molecule has 1 N–H and O–H groups in total. The molecule has 0 amide bonds. The summed E-state index contributed by atoms with van der Waals surface area (Å²) in [5.41, 5.74) is 0.276. The maximum Gasteiger partial charge on any atom is 0.335 e. The lowest BCUT2D eigenvalue weighted by atomic mass is 10.0. The number of carbonyl (C=O) groups is 1. The Bertz CT molecular complexity index is 476. The average Bonchev–Trinajstić information content (AvgIpc) is 3.00. The van der Waals surface area contributed by atoms with Gasteiger partial charge in [-0.3, -0.25) is 4.90 Å². The first-order valence-electron chi connectivity index (χ1n) is 7.41. The van der Waals surface area contributed by atoms with Crippen molar-refractivity contribution in [3.8, 4) is 5.75 Å². The van der Waals surface area contributed by atoms with Crippen LogP contribution in [0.5, 0.6) is 5.75 Å². The van der Waals surface area contributed by atoms with Gasteiger partial charge in [-0.1, -0.05) is 12.5 Å². The van der Waals surface area contributed by atoms with Crippen LogP contribution in [0.15, 0.2) is 24.3 Å². The van der Waals surface area contributed by atoms with Gasteiger partial charge < -0.3 is 9.84 Å². The molecule has 108 valence electrons. The van der Waals surface area contributed by atoms with Crippen molar-refractivity contribution >= 4 is 5.97 Å². The highest BCUT2D eigenvalue weighted by molar-refractivity contribution is 5.87. The molecule has 0 aromatic heterocycles. The summed E-state index contributed by atoms with van der Waals surface area (Å²) in [6.45, 7) is 3.99. The zero-order valence-corrected chi connectivity index (χ0v) is 11.6. The molecule has 1 saturated carbocycles. The van der Waals surface area contributed by atoms with Gasteiger partial charge in [-0.05, 0) is 42.9 Å². The van der Waals surface area contributed by atoms with Gasteiger partial charge in [0.15, 0.2) is 0 Å². The fourth-order valence-corrected chi connectivity index (χ4v) is 3.53. The summed E-state index contributed by atoms with van der Waals surface area (Å²) in [6.07, 6.45) is 4.19. The maximum absolute atomic E-state index is 10.9. The molecule has 1 heterocycles. The summed E-state index contributed by atoms with van der Waals surface area (Å²) in [7, 11) is 0. The second kappa shape index (κ2) is 5.83. The van der Waals surface area contributed by atoms with Crippen LogP contribution in [0, 0.1) is 11.8 Å². The third-order valence-electron chi connectivity index (χ3n) is 4.56. The average molecular weight is 275 g/mol. The predicted octanol–water partition coefficient (Wildman–Crippen LogP) is 2.50. The molecule has 0 spiro atoms. The molecule has 20 heavy (non-hydrogen) atoms. The van der Waals surface area contributed by atoms with E-state index in [1.165, 1.54) is 32.4 Å². The number of carboxylic acid groups (broad SMARTS) is 1. The Balaban J connectivity index is 1.46. The predicted molar refractivity (Wildman–Crippen MR) is 76.2 cm³/mol. The van der Waals surface area contributed by atoms with Crippen LogP contribution in [-0.4, -0.2) is 42.2 Å². The molecule has 1 aromatic carbocycles. The molecule has 4 heteroatoms. The summed E-state index contributed by atoms with van der Waals surface area (Å²) >= 11 is 0. The number of rotatable bonds is 5. The zero-order valence-electron chi connectivity index (χ0n) is 11.6. The van der Waals surface area contributed by atoms with Gasteiger partial charge in [0.1, 0.15) is 12.4 Å². The summed E-state index contributed by atoms with van der Waals surface area (Å²) in [6, 6.07) is 6.70. The Hall–Kier alpha value is -1.55. The van der Waals surface area contributed by atoms with Crippen LogP contribution in [0.3, 0.4) is 0 Å². The first-order chi connectivity index (χ1) is 9.72. The topological polar surface area (TPSA) is 49.8 Å². The van der Waals surface area contributed by atoms with Crippen molar-refractivity contribution in [2.45, 2.75) is 19.3 Å². The Morgan fingerprint density at radius 2 is 2.05 bits per heavy atom. The molecule has 4 nitrogen and oxygen atoms in total. The Kier molecular flexibility index (Phi) is 3.92. The minimum absolute atomic E-state index is 0.276. The van der Waals surface area contributed by atoms with Crippen molar-refractivity contribution < 1.29 is 14.6 Å². The normalized spacial score (nSPS) is 25.6. The lowest BCUT2D eigenvalue weighted by Gasteiger charge is -2.17. The second-order valence-corrected chi connectivity index (χ2v) is 5.89. The third kappa shape index (κ3) is 2.96. The maximum atomic E-state index is 10.9. The third-order valence-corrected chi connectivity index (χ3v) is 4.56. The number of benzene rings is 1. The van der Waals surface area contributed by atoms with Gasteiger partial charge in [0, 0.05) is 19.6 Å². The fourth-order valence-electron chi connectivity index (χ4n) is 3.53. The van der Waals surface area contributed by atoms with E-state index in [4.69, 9.17) is 9.84 Å². The van der Waals surface area contributed by atoms with Gasteiger partial charge in [-0.25, -0.2) is 4.79 Å². The minimum Gasteiger partial charge on any atom is -0.492 e. The molecule has 1 aliphatic heterocycles. The number of aromatic carboxylic acids is 1. The zero-order chi connectivity index (χ0) is 13.9. The van der Waals surface area contributed by atoms with Gasteiger partial charge in [0.05, 0.1) is 5.56 Å². The minimum atomic E-state index is -0.914. The summed E-state index contributed by atoms with van der Waals surface area (Å²) in [5.74, 6) is 1.54. The van der Waals surface area contributed by atoms with Crippen LogP contribution in [0.25, 0.3) is 0 Å². The summed E-state index contributed by atoms with van der Waals surface area (Å²) < 4.78 is 5.68. The number of likely N-dealkylation sites (tertiary alicyclic amines) is 1. The van der Waals surface area contributed by atoms with E-state index in [0.29, 0.717) is 12.4 Å². The van der Waals surface area contributed by atoms with Crippen LogP contribution >= 0.6 is 0 Å². The number of hydrogen-bond acceptors (Lipinski definition) is 3. The molecule has 0 radical (unpaired) electrons. The first kappa shape index (κ1) is 13.4. The lowest BCUT2D eigenvalue weighted by Crippen LogP contribution is -2.27. The molecule has 2 fully saturated rings. The van der Waals surface area contributed by atoms with Crippen molar-refractivity contribution in [1.82, 2.24) is 4.90 Å². The molecular formula is C16H21NO3. The molecule has 1 saturated heterocycles. The van der Waals surface area contributed by atoms with Crippen LogP contribution in [0.1, 0.15) is 29.6 Å². The van der Waals surface area contributed by atoms with Crippen molar-refractivity contribution in [3.05, 3.63) is 29.8 Å². The Morgan fingerprint density at radius 1 is 1.30 bits per heavy atom. The molecule has 2 atom stereocenters. The van der Waals surface area contributed by atoms with Gasteiger partial charge in [0.25, 0.3) is 0 Å². The van der Waals surface area contributed by atoms with Crippen molar-refractivity contribution in [2.75, 3.05) is 26.2 Å². The summed E-state index contributed by atoms with van der Waals surface area (Å²) in [5, 5.41) is 8.94. The van der Waals surface area contributed by atoms with Crippen LogP contribution in [-0.2, 0) is 0 Å². The lowest BCUT2D eigenvalue weighted by molar-refractivity contribution is 0.0696. The van der Waals surface area contributed by atoms with Crippen molar-refractivity contribution in [2.24, 2.45) is 11.8 Å². The van der Waals surface area contributed by atoms with E-state index >= 15 is 0 Å². The standard InChI is InChI=1S/C16H21NO3/c18-16(19)12-3-2-6-15(9-12)20-8-7-17-10-13-4-1-5-14(13)11-17/h2-3,6,9,13-14H,1,4-5,7-8,10-11H2,(H,18,19). The molecule has 0 bridgehead atoms. The fraction of sp³-hybridized carbons (Fsp3) is 0.562. The molecule has 2 aliphatic rings. The first-order valence-corrected chi connectivity index (χ1v) is 7.41. The number of nitrogens with zero attached hydrogens (tertiary/aromatic N) is 1. The monoisotopic (exact) mass is 275 g/mol. The Labute approximate surface area is 119 Å². The highest BCUT2D eigenvalue weighted by atomic mass is 16.5. The highest BCUT2D eigenvalue weighted by Gasteiger charge is 2.35. The van der Waals surface area contributed by atoms with E-state index in [9.17, 15) is 4.79 Å². The molecule has 1 aliphatic carbocycles. The highest BCUT2D eigenvalue weighted by Crippen LogP contribution is 2.37. The number of ether oxygens (including phenoxy) is 1. The van der Waals surface area contributed by atoms with Crippen molar-refractivity contribution in [3.63, 3.8) is 0 Å². The summed E-state index contributed by atoms with van der Waals surface area (Å²) in [4.78, 5) is 13.4. The van der Waals surface area contributed by atoms with E-state index in [-0.39, 0.29) is 5.56 Å². The number of fused-ring (bicyclic) bond motifs is 1. The SMILES string of the molecule is O=C(O)c1cccc(OCCN2CC3CCCC3C2)c1. The number of carboxylic acids is 1. The van der Waals surface area contributed by atoms with Gasteiger partial charge in [0.2, 0.25) is 0 Å². The van der Waals surface area contributed by atoms with E-state index in [1.54, 1.807) is 18.2 Å². The second-order valence-electron chi connectivity index (χ2n) is 5.89. The van der Waals surface area contributed by atoms with E-state index in [0.717, 1.165) is 18.4 Å². The molecule has 1 aromatic rings. The van der Waals surface area contributed by atoms with Gasteiger partial charge in [-0.2, -0.15) is 0 Å². The van der Waals surface area contributed by atoms with Crippen LogP contribution < -0.4 is 4.74 Å². The number of hydrogen-bond donors (Lipinski definition) is 1. The van der Waals surface area contributed by atoms with Crippen LogP contribution in [0.4, 0.5) is 0 Å². The molecule has 2 unspecified atom stereocenters. The van der Waals surface area contributed by atoms with Crippen molar-refractivity contribution in [1.29, 1.82) is 0 Å². The van der Waals surface area contributed by atoms with Gasteiger partial charge >= 0.3 is 5.97 Å². The van der Waals surface area contributed by atoms with Gasteiger partial charge in [-0.15, -0.1) is 0 Å². The Morgan fingerprint density at radius 3 is 2.75 bits per heavy atom. The van der Waals surface area contributed by atoms with E-state index in [2.05, 4.69) is 4.90 Å². The molecule has 3 rings (SSSR count). The molecular weight excluding hydrogens is 254 g/mol. The largest absolute Gasteiger partial charge is 0.492 e. The van der Waals surface area contributed by atoms with E-state index in [1.807, 2.05) is 6.07 Å². The van der Waals surface area contributed by atoms with Crippen LogP contribution in [0.2, 0.25) is 0 Å².